The highest BCUT2D eigenvalue weighted by molar-refractivity contribution is 6.00. The van der Waals surface area contributed by atoms with Gasteiger partial charge in [0.1, 0.15) is 6.54 Å². The number of nitrogens with one attached hydrogen (secondary N) is 1. The van der Waals surface area contributed by atoms with Crippen LogP contribution in [0, 0.1) is 5.92 Å². The standard InChI is InChI=1S/C16H22N2O5/c1-10(11(2)19)14(20)7-8-17-9-15(21)12-3-5-13(6-4-12)16(22)18-23/h3-6,8,10-11,14,19-20,23H,7,9H2,1-2H3,(H,18,22)/t10-,11-,14+/m1/s1. The van der Waals surface area contributed by atoms with Crippen LogP contribution in [-0.4, -0.2) is 52.1 Å². The molecule has 7 nitrogen and oxygen atoms in total. The number of nitrogens with zero attached hydrogens (tertiary/aromatic N) is 1. The van der Waals surface area contributed by atoms with Gasteiger partial charge in [0.2, 0.25) is 0 Å². The zero-order chi connectivity index (χ0) is 17.4. The summed E-state index contributed by atoms with van der Waals surface area (Å²) in [6, 6.07) is 5.81. The fourth-order valence-electron chi connectivity index (χ4n) is 1.83. The van der Waals surface area contributed by atoms with Crippen molar-refractivity contribution in [1.29, 1.82) is 0 Å². The van der Waals surface area contributed by atoms with E-state index >= 15 is 0 Å². The van der Waals surface area contributed by atoms with Crippen LogP contribution >= 0.6 is 0 Å². The van der Waals surface area contributed by atoms with Gasteiger partial charge in [-0.2, -0.15) is 0 Å². The van der Waals surface area contributed by atoms with Crippen LogP contribution in [-0.2, 0) is 0 Å². The maximum Gasteiger partial charge on any atom is 0.274 e. The molecule has 4 N–H and O–H groups in total. The molecule has 0 aromatic heterocycles. The minimum absolute atomic E-state index is 0.0681. The molecular weight excluding hydrogens is 300 g/mol. The van der Waals surface area contributed by atoms with E-state index in [2.05, 4.69) is 4.99 Å². The Hall–Kier alpha value is -2.09. The number of hydroxylamine groups is 1. The fourth-order valence-corrected chi connectivity index (χ4v) is 1.83. The molecule has 126 valence electrons. The molecule has 0 bridgehead atoms. The first-order valence-corrected chi connectivity index (χ1v) is 7.29. The molecule has 0 spiro atoms. The molecule has 1 aromatic rings. The number of rotatable bonds is 8. The van der Waals surface area contributed by atoms with Gasteiger partial charge in [-0.25, -0.2) is 5.48 Å². The number of Topliss-reactive ketones (excluding diaryl/α,β-unsaturated/α-hetero) is 1. The molecule has 0 radical (unpaired) electrons. The lowest BCUT2D eigenvalue weighted by molar-refractivity contribution is 0.0363. The second kappa shape index (κ2) is 9.14. The molecule has 7 heteroatoms. The predicted octanol–water partition coefficient (Wildman–Crippen LogP) is 0.827. The second-order valence-electron chi connectivity index (χ2n) is 5.37. The van der Waals surface area contributed by atoms with Gasteiger partial charge in [-0.15, -0.1) is 0 Å². The minimum Gasteiger partial charge on any atom is -0.393 e. The van der Waals surface area contributed by atoms with Crippen LogP contribution in [0.25, 0.3) is 0 Å². The van der Waals surface area contributed by atoms with E-state index in [1.807, 2.05) is 0 Å². The van der Waals surface area contributed by atoms with Crippen molar-refractivity contribution in [2.24, 2.45) is 10.9 Å². The summed E-state index contributed by atoms with van der Waals surface area (Å²) < 4.78 is 0. The Kier molecular flexibility index (Phi) is 7.53. The number of carbonyl (C=O) groups excluding carboxylic acids is 2. The summed E-state index contributed by atoms with van der Waals surface area (Å²) in [4.78, 5) is 27.0. The molecule has 0 aliphatic carbocycles. The summed E-state index contributed by atoms with van der Waals surface area (Å²) in [5.74, 6) is -1.15. The minimum atomic E-state index is -0.717. The van der Waals surface area contributed by atoms with Gasteiger partial charge >= 0.3 is 0 Å². The van der Waals surface area contributed by atoms with Crippen molar-refractivity contribution in [2.75, 3.05) is 6.54 Å². The molecule has 0 aliphatic rings. The molecule has 0 saturated carbocycles. The van der Waals surface area contributed by atoms with Crippen molar-refractivity contribution in [2.45, 2.75) is 32.5 Å². The number of aliphatic hydroxyl groups is 2. The van der Waals surface area contributed by atoms with Gasteiger partial charge in [-0.3, -0.25) is 19.8 Å². The monoisotopic (exact) mass is 322 g/mol. The van der Waals surface area contributed by atoms with Gasteiger partial charge in [0.25, 0.3) is 5.91 Å². The topological polar surface area (TPSA) is 119 Å². The lowest BCUT2D eigenvalue weighted by Crippen LogP contribution is -2.27. The predicted molar refractivity (Wildman–Crippen MR) is 84.9 cm³/mol. The molecular formula is C16H22N2O5. The highest BCUT2D eigenvalue weighted by Gasteiger charge is 2.17. The zero-order valence-electron chi connectivity index (χ0n) is 13.1. The highest BCUT2D eigenvalue weighted by atomic mass is 16.5. The second-order valence-corrected chi connectivity index (χ2v) is 5.37. The van der Waals surface area contributed by atoms with E-state index in [1.54, 1.807) is 13.8 Å². The molecule has 1 amide bonds. The molecule has 0 unspecified atom stereocenters. The molecule has 0 heterocycles. The highest BCUT2D eigenvalue weighted by Crippen LogP contribution is 2.10. The first-order valence-electron chi connectivity index (χ1n) is 7.29. The largest absolute Gasteiger partial charge is 0.393 e. The van der Waals surface area contributed by atoms with Crippen molar-refractivity contribution in [1.82, 2.24) is 5.48 Å². The Morgan fingerprint density at radius 1 is 1.17 bits per heavy atom. The Morgan fingerprint density at radius 2 is 1.74 bits per heavy atom. The number of aliphatic hydroxyl groups excluding tert-OH is 2. The number of aliphatic imine (C=N–C) groups is 1. The first-order chi connectivity index (χ1) is 10.9. The van der Waals surface area contributed by atoms with Crippen molar-refractivity contribution in [3.8, 4) is 0 Å². The van der Waals surface area contributed by atoms with Crippen LogP contribution in [0.15, 0.2) is 29.3 Å². The first kappa shape index (κ1) is 19.0. The van der Waals surface area contributed by atoms with E-state index in [0.717, 1.165) is 0 Å². The van der Waals surface area contributed by atoms with E-state index < -0.39 is 18.1 Å². The van der Waals surface area contributed by atoms with Gasteiger partial charge in [0, 0.05) is 29.7 Å². The van der Waals surface area contributed by atoms with Crippen molar-refractivity contribution in [3.63, 3.8) is 0 Å². The maximum absolute atomic E-state index is 11.9. The number of hydrogen-bond donors (Lipinski definition) is 4. The Bertz CT molecular complexity index is 554. The lowest BCUT2D eigenvalue weighted by Gasteiger charge is -2.19. The summed E-state index contributed by atoms with van der Waals surface area (Å²) in [5.41, 5.74) is 2.15. The smallest absolute Gasteiger partial charge is 0.274 e. The molecule has 1 aromatic carbocycles. The third kappa shape index (κ3) is 5.90. The van der Waals surface area contributed by atoms with Gasteiger partial charge in [-0.05, 0) is 19.1 Å². The number of ketones is 1. The average molecular weight is 322 g/mol. The van der Waals surface area contributed by atoms with Crippen LogP contribution in [0.2, 0.25) is 0 Å². The Morgan fingerprint density at radius 3 is 2.26 bits per heavy atom. The number of benzene rings is 1. The number of carbonyl (C=O) groups is 2. The maximum atomic E-state index is 11.9. The summed E-state index contributed by atoms with van der Waals surface area (Å²) >= 11 is 0. The summed E-state index contributed by atoms with van der Waals surface area (Å²) in [6.07, 6.45) is 0.393. The van der Waals surface area contributed by atoms with Crippen LogP contribution in [0.5, 0.6) is 0 Å². The quantitative estimate of drug-likeness (QED) is 0.245. The van der Waals surface area contributed by atoms with Crippen LogP contribution < -0.4 is 5.48 Å². The number of amides is 1. The normalized spacial score (nSPS) is 15.2. The van der Waals surface area contributed by atoms with E-state index in [4.69, 9.17) is 5.21 Å². The van der Waals surface area contributed by atoms with Gasteiger partial charge in [0.15, 0.2) is 5.78 Å². The van der Waals surface area contributed by atoms with Crippen LogP contribution in [0.3, 0.4) is 0 Å². The number of hydrogen-bond acceptors (Lipinski definition) is 6. The summed E-state index contributed by atoms with van der Waals surface area (Å²) in [7, 11) is 0. The SMILES string of the molecule is C[C@H]([C@@H](C)O)[C@@H](O)CC=NCC(=O)c1ccc(C(=O)NO)cc1. The lowest BCUT2D eigenvalue weighted by atomic mass is 9.97. The van der Waals surface area contributed by atoms with Gasteiger partial charge in [-0.1, -0.05) is 19.1 Å². The molecule has 0 saturated heterocycles. The fraction of sp³-hybridized carbons (Fsp3) is 0.438. The van der Waals surface area contributed by atoms with Crippen LogP contribution in [0.1, 0.15) is 41.0 Å². The van der Waals surface area contributed by atoms with E-state index in [1.165, 1.54) is 36.0 Å². The molecule has 3 atom stereocenters. The van der Waals surface area contributed by atoms with Gasteiger partial charge < -0.3 is 10.2 Å². The molecule has 0 fully saturated rings. The van der Waals surface area contributed by atoms with E-state index in [-0.39, 0.29) is 30.2 Å². The van der Waals surface area contributed by atoms with Crippen molar-refractivity contribution in [3.05, 3.63) is 35.4 Å². The van der Waals surface area contributed by atoms with Crippen molar-refractivity contribution < 1.29 is 25.0 Å². The summed E-state index contributed by atoms with van der Waals surface area (Å²) in [5, 5.41) is 27.6. The Balaban J connectivity index is 2.50. The third-order valence-electron chi connectivity index (χ3n) is 3.65. The van der Waals surface area contributed by atoms with Gasteiger partial charge in [0.05, 0.1) is 12.2 Å². The molecule has 1 rings (SSSR count). The molecule has 0 aliphatic heterocycles. The Labute approximate surface area is 134 Å². The van der Waals surface area contributed by atoms with Crippen LogP contribution in [0.4, 0.5) is 0 Å². The average Bonchev–Trinajstić information content (AvgIpc) is 2.56. The van der Waals surface area contributed by atoms with Crippen molar-refractivity contribution >= 4 is 17.9 Å². The molecule has 23 heavy (non-hydrogen) atoms. The van der Waals surface area contributed by atoms with E-state index in [9.17, 15) is 19.8 Å². The summed E-state index contributed by atoms with van der Waals surface area (Å²) in [6.45, 7) is 3.27. The van der Waals surface area contributed by atoms with E-state index in [0.29, 0.717) is 5.56 Å². The zero-order valence-corrected chi connectivity index (χ0v) is 13.1. The third-order valence-corrected chi connectivity index (χ3v) is 3.65.